The van der Waals surface area contributed by atoms with Crippen LogP contribution in [0.3, 0.4) is 0 Å². The lowest BCUT2D eigenvalue weighted by molar-refractivity contribution is -0.138. The number of benzene rings is 2. The highest BCUT2D eigenvalue weighted by molar-refractivity contribution is 6.30. The van der Waals surface area contributed by atoms with E-state index in [2.05, 4.69) is 5.32 Å². The third-order valence-electron chi connectivity index (χ3n) is 6.10. The standard InChI is InChI=1S/C27H28ClNO5/c1-4-33-27(31)24-16(2)29-20-6-5-7-21(30)26(20)25(24)18-10-13-22(23(14-18)32-3)34-15-17-8-11-19(28)12-9-17/h8-14,25,29H,4-7,15H2,1-3H3/t25-/m1/s1. The molecule has 0 aromatic heterocycles. The Morgan fingerprint density at radius 1 is 1.12 bits per heavy atom. The first-order valence-corrected chi connectivity index (χ1v) is 11.8. The van der Waals surface area contributed by atoms with Crippen LogP contribution in [0.1, 0.15) is 50.2 Å². The average Bonchev–Trinajstić information content (AvgIpc) is 2.83. The van der Waals surface area contributed by atoms with Crippen molar-refractivity contribution in [3.05, 3.63) is 81.2 Å². The predicted molar refractivity (Wildman–Crippen MR) is 130 cm³/mol. The monoisotopic (exact) mass is 481 g/mol. The number of halogens is 1. The van der Waals surface area contributed by atoms with Crippen LogP contribution in [0.4, 0.5) is 0 Å². The molecule has 34 heavy (non-hydrogen) atoms. The summed E-state index contributed by atoms with van der Waals surface area (Å²) in [6.45, 7) is 4.22. The van der Waals surface area contributed by atoms with Gasteiger partial charge in [-0.15, -0.1) is 0 Å². The zero-order valence-corrected chi connectivity index (χ0v) is 20.3. The Morgan fingerprint density at radius 2 is 1.88 bits per heavy atom. The molecule has 0 fully saturated rings. The summed E-state index contributed by atoms with van der Waals surface area (Å²) in [5, 5.41) is 3.96. The largest absolute Gasteiger partial charge is 0.493 e. The van der Waals surface area contributed by atoms with Gasteiger partial charge in [0.15, 0.2) is 17.3 Å². The molecule has 1 heterocycles. The molecular weight excluding hydrogens is 454 g/mol. The minimum absolute atomic E-state index is 0.0510. The van der Waals surface area contributed by atoms with Gasteiger partial charge in [0, 0.05) is 34.3 Å². The minimum atomic E-state index is -0.526. The lowest BCUT2D eigenvalue weighted by atomic mass is 9.75. The summed E-state index contributed by atoms with van der Waals surface area (Å²) < 4.78 is 17.0. The van der Waals surface area contributed by atoms with Crippen LogP contribution < -0.4 is 14.8 Å². The van der Waals surface area contributed by atoms with E-state index in [1.807, 2.05) is 49.4 Å². The second kappa shape index (κ2) is 10.3. The van der Waals surface area contributed by atoms with Gasteiger partial charge in [-0.3, -0.25) is 4.79 Å². The zero-order chi connectivity index (χ0) is 24.2. The molecule has 7 heteroatoms. The number of methoxy groups -OCH3 is 1. The number of hydrogen-bond acceptors (Lipinski definition) is 6. The Morgan fingerprint density at radius 3 is 2.59 bits per heavy atom. The van der Waals surface area contributed by atoms with E-state index >= 15 is 0 Å². The molecule has 178 valence electrons. The van der Waals surface area contributed by atoms with Crippen molar-refractivity contribution < 1.29 is 23.8 Å². The Labute approximate surface area is 204 Å². The van der Waals surface area contributed by atoms with Crippen molar-refractivity contribution in [1.82, 2.24) is 5.32 Å². The van der Waals surface area contributed by atoms with E-state index in [4.69, 9.17) is 25.8 Å². The van der Waals surface area contributed by atoms with E-state index in [1.54, 1.807) is 14.0 Å². The van der Waals surface area contributed by atoms with Crippen molar-refractivity contribution >= 4 is 23.4 Å². The SMILES string of the molecule is CCOC(=O)C1=C(C)NC2=C(C(=O)CCC2)[C@@H]1c1ccc(OCc2ccc(Cl)cc2)c(OC)c1. The van der Waals surface area contributed by atoms with Crippen LogP contribution in [0.5, 0.6) is 11.5 Å². The minimum Gasteiger partial charge on any atom is -0.493 e. The number of hydrogen-bond donors (Lipinski definition) is 1. The van der Waals surface area contributed by atoms with Crippen molar-refractivity contribution in [1.29, 1.82) is 0 Å². The van der Waals surface area contributed by atoms with Gasteiger partial charge in [0.25, 0.3) is 0 Å². The van der Waals surface area contributed by atoms with Gasteiger partial charge >= 0.3 is 5.97 Å². The van der Waals surface area contributed by atoms with E-state index < -0.39 is 11.9 Å². The molecule has 2 aliphatic rings. The lowest BCUT2D eigenvalue weighted by Crippen LogP contribution is -2.34. The van der Waals surface area contributed by atoms with Gasteiger partial charge in [-0.25, -0.2) is 4.79 Å². The molecule has 2 aromatic rings. The molecule has 0 unspecified atom stereocenters. The molecule has 0 saturated heterocycles. The van der Waals surface area contributed by atoms with Crippen molar-refractivity contribution in [2.75, 3.05) is 13.7 Å². The lowest BCUT2D eigenvalue weighted by Gasteiger charge is -2.34. The van der Waals surface area contributed by atoms with Crippen molar-refractivity contribution in [3.8, 4) is 11.5 Å². The topological polar surface area (TPSA) is 73.9 Å². The third kappa shape index (κ3) is 4.82. The van der Waals surface area contributed by atoms with Crippen molar-refractivity contribution in [2.24, 2.45) is 0 Å². The molecular formula is C27H28ClNO5. The van der Waals surface area contributed by atoms with Crippen LogP contribution >= 0.6 is 11.6 Å². The first-order chi connectivity index (χ1) is 16.4. The number of ketones is 1. The first kappa shape index (κ1) is 23.9. The number of nitrogens with one attached hydrogen (secondary N) is 1. The highest BCUT2D eigenvalue weighted by Gasteiger charge is 2.39. The average molecular weight is 482 g/mol. The van der Waals surface area contributed by atoms with Gasteiger partial charge in [0.2, 0.25) is 0 Å². The molecule has 0 saturated carbocycles. The van der Waals surface area contributed by atoms with E-state index in [0.717, 1.165) is 29.7 Å². The van der Waals surface area contributed by atoms with Gasteiger partial charge in [-0.2, -0.15) is 0 Å². The molecule has 1 aliphatic heterocycles. The van der Waals surface area contributed by atoms with Crippen LogP contribution in [-0.4, -0.2) is 25.5 Å². The summed E-state index contributed by atoms with van der Waals surface area (Å²) >= 11 is 5.96. The first-order valence-electron chi connectivity index (χ1n) is 11.4. The molecule has 4 rings (SSSR count). The van der Waals surface area contributed by atoms with Gasteiger partial charge in [-0.1, -0.05) is 29.8 Å². The summed E-state index contributed by atoms with van der Waals surface area (Å²) in [4.78, 5) is 26.0. The predicted octanol–water partition coefficient (Wildman–Crippen LogP) is 5.46. The van der Waals surface area contributed by atoms with Crippen LogP contribution in [0.2, 0.25) is 5.02 Å². The Bertz CT molecular complexity index is 1170. The molecule has 0 spiro atoms. The molecule has 1 N–H and O–H groups in total. The van der Waals surface area contributed by atoms with Crippen molar-refractivity contribution in [2.45, 2.75) is 45.6 Å². The molecule has 1 aliphatic carbocycles. The van der Waals surface area contributed by atoms with Crippen LogP contribution in [0.15, 0.2) is 65.0 Å². The highest BCUT2D eigenvalue weighted by atomic mass is 35.5. The number of allylic oxidation sites excluding steroid dienone is 3. The molecule has 6 nitrogen and oxygen atoms in total. The summed E-state index contributed by atoms with van der Waals surface area (Å²) in [5.41, 5.74) is 4.43. The maximum absolute atomic E-state index is 13.0. The van der Waals surface area contributed by atoms with Gasteiger partial charge < -0.3 is 19.5 Å². The van der Waals surface area contributed by atoms with Gasteiger partial charge in [0.1, 0.15) is 6.61 Å². The summed E-state index contributed by atoms with van der Waals surface area (Å²) in [5.74, 6) is 0.191. The van der Waals surface area contributed by atoms with E-state index in [1.165, 1.54) is 0 Å². The number of rotatable bonds is 7. The second-order valence-corrected chi connectivity index (χ2v) is 8.75. The fourth-order valence-electron chi connectivity index (χ4n) is 4.52. The maximum atomic E-state index is 13.0. The maximum Gasteiger partial charge on any atom is 0.336 e. The van der Waals surface area contributed by atoms with Crippen molar-refractivity contribution in [3.63, 3.8) is 0 Å². The molecule has 0 bridgehead atoms. The number of carbonyl (C=O) groups excluding carboxylic acids is 2. The Kier molecular flexibility index (Phi) is 7.27. The molecule has 0 radical (unpaired) electrons. The number of Topliss-reactive ketones (excluding diaryl/α,β-unsaturated/α-hetero) is 1. The third-order valence-corrected chi connectivity index (χ3v) is 6.35. The number of esters is 1. The van der Waals surface area contributed by atoms with E-state index in [0.29, 0.717) is 46.4 Å². The number of carbonyl (C=O) groups is 2. The summed E-state index contributed by atoms with van der Waals surface area (Å²) in [6.07, 6.45) is 2.02. The quantitative estimate of drug-likeness (QED) is 0.529. The van der Waals surface area contributed by atoms with E-state index in [9.17, 15) is 9.59 Å². The molecule has 0 amide bonds. The fourth-order valence-corrected chi connectivity index (χ4v) is 4.65. The van der Waals surface area contributed by atoms with Crippen LogP contribution in [0.25, 0.3) is 0 Å². The Hall–Kier alpha value is -3.25. The van der Waals surface area contributed by atoms with Gasteiger partial charge in [-0.05, 0) is 62.1 Å². The normalized spacial score (nSPS) is 17.8. The van der Waals surface area contributed by atoms with Crippen LogP contribution in [-0.2, 0) is 20.9 Å². The molecule has 2 aromatic carbocycles. The molecule has 1 atom stereocenters. The summed E-state index contributed by atoms with van der Waals surface area (Å²) in [6, 6.07) is 13.0. The smallest absolute Gasteiger partial charge is 0.336 e. The number of ether oxygens (including phenoxy) is 3. The zero-order valence-electron chi connectivity index (χ0n) is 19.6. The summed E-state index contributed by atoms with van der Waals surface area (Å²) in [7, 11) is 1.57. The Balaban J connectivity index is 1.71. The number of dihydropyridines is 1. The highest BCUT2D eigenvalue weighted by Crippen LogP contribution is 2.44. The fraction of sp³-hybridized carbons (Fsp3) is 0.333. The second-order valence-electron chi connectivity index (χ2n) is 8.31. The van der Waals surface area contributed by atoms with Gasteiger partial charge in [0.05, 0.1) is 19.3 Å². The van der Waals surface area contributed by atoms with E-state index in [-0.39, 0.29) is 12.4 Å². The van der Waals surface area contributed by atoms with Crippen LogP contribution in [0, 0.1) is 0 Å².